The van der Waals surface area contributed by atoms with E-state index in [-0.39, 0.29) is 0 Å². The summed E-state index contributed by atoms with van der Waals surface area (Å²) < 4.78 is 0. The molecule has 0 aliphatic carbocycles. The number of nitrogens with zero attached hydrogens (tertiary/aromatic N) is 1. The van der Waals surface area contributed by atoms with Gasteiger partial charge in [0.2, 0.25) is 0 Å². The van der Waals surface area contributed by atoms with Crippen LogP contribution in [0, 0.1) is 0 Å². The number of thiazole rings is 1. The van der Waals surface area contributed by atoms with E-state index in [0.29, 0.717) is 5.92 Å². The van der Waals surface area contributed by atoms with Crippen LogP contribution in [-0.4, -0.2) is 25.1 Å². The van der Waals surface area contributed by atoms with Crippen LogP contribution in [0.25, 0.3) is 0 Å². The van der Waals surface area contributed by atoms with Crippen LogP contribution in [0.5, 0.6) is 0 Å². The van der Waals surface area contributed by atoms with Crippen molar-refractivity contribution in [1.82, 2.24) is 15.6 Å². The van der Waals surface area contributed by atoms with Gasteiger partial charge in [0.15, 0.2) is 0 Å². The zero-order valence-electron chi connectivity index (χ0n) is 8.55. The first-order valence-corrected chi connectivity index (χ1v) is 6.07. The van der Waals surface area contributed by atoms with Crippen LogP contribution in [-0.2, 0) is 6.54 Å². The van der Waals surface area contributed by atoms with Crippen molar-refractivity contribution in [1.29, 1.82) is 0 Å². The Hall–Kier alpha value is -0.450. The van der Waals surface area contributed by atoms with Crippen LogP contribution in [0.1, 0.15) is 29.5 Å². The Morgan fingerprint density at radius 1 is 1.57 bits per heavy atom. The fraction of sp³-hybridized carbons (Fsp3) is 0.700. The average molecular weight is 211 g/mol. The molecule has 1 aromatic heterocycles. The van der Waals surface area contributed by atoms with E-state index in [0.717, 1.165) is 19.6 Å². The molecule has 0 unspecified atom stereocenters. The lowest BCUT2D eigenvalue weighted by Crippen LogP contribution is -2.26. The first-order valence-electron chi connectivity index (χ1n) is 5.20. The normalized spacial score (nSPS) is 18.6. The van der Waals surface area contributed by atoms with Crippen LogP contribution in [0.3, 0.4) is 0 Å². The van der Waals surface area contributed by atoms with Gasteiger partial charge >= 0.3 is 0 Å². The van der Waals surface area contributed by atoms with E-state index in [2.05, 4.69) is 21.0 Å². The van der Waals surface area contributed by atoms with Gasteiger partial charge in [0.25, 0.3) is 0 Å². The second-order valence-corrected chi connectivity index (χ2v) is 4.62. The van der Waals surface area contributed by atoms with Crippen LogP contribution in [0.15, 0.2) is 5.38 Å². The number of rotatable bonds is 3. The van der Waals surface area contributed by atoms with Gasteiger partial charge in [-0.1, -0.05) is 0 Å². The molecule has 1 aliphatic rings. The van der Waals surface area contributed by atoms with Crippen molar-refractivity contribution in [3.8, 4) is 0 Å². The summed E-state index contributed by atoms with van der Waals surface area (Å²) in [5.41, 5.74) is 1.19. The van der Waals surface area contributed by atoms with Crippen molar-refractivity contribution < 1.29 is 0 Å². The predicted molar refractivity (Wildman–Crippen MR) is 59.7 cm³/mol. The summed E-state index contributed by atoms with van der Waals surface area (Å²) in [6.07, 6.45) is 2.49. The maximum atomic E-state index is 4.65. The standard InChI is InChI=1S/C10H17N3S/c1-11-6-9-7-14-10(13-9)8-2-4-12-5-3-8/h7-8,11-12H,2-6H2,1H3. The van der Waals surface area contributed by atoms with Crippen LogP contribution in [0.4, 0.5) is 0 Å². The highest BCUT2D eigenvalue weighted by Gasteiger charge is 2.17. The summed E-state index contributed by atoms with van der Waals surface area (Å²) in [5, 5.41) is 10.0. The van der Waals surface area contributed by atoms with Crippen molar-refractivity contribution in [2.24, 2.45) is 0 Å². The van der Waals surface area contributed by atoms with E-state index in [4.69, 9.17) is 0 Å². The van der Waals surface area contributed by atoms with Crippen molar-refractivity contribution in [2.45, 2.75) is 25.3 Å². The van der Waals surface area contributed by atoms with Crippen molar-refractivity contribution in [3.63, 3.8) is 0 Å². The molecule has 0 amide bonds. The molecule has 0 bridgehead atoms. The molecule has 0 radical (unpaired) electrons. The summed E-state index contributed by atoms with van der Waals surface area (Å²) in [6.45, 7) is 3.18. The molecule has 1 aromatic rings. The minimum absolute atomic E-state index is 0.701. The molecule has 3 nitrogen and oxygen atoms in total. The Morgan fingerprint density at radius 3 is 3.07 bits per heavy atom. The summed E-state index contributed by atoms with van der Waals surface area (Å²) >= 11 is 1.82. The maximum Gasteiger partial charge on any atom is 0.0960 e. The Labute approximate surface area is 88.9 Å². The van der Waals surface area contributed by atoms with Gasteiger partial charge in [-0.3, -0.25) is 0 Å². The predicted octanol–water partition coefficient (Wildman–Crippen LogP) is 1.33. The van der Waals surface area contributed by atoms with E-state index in [1.54, 1.807) is 0 Å². The van der Waals surface area contributed by atoms with Crippen LogP contribution >= 0.6 is 11.3 Å². The first kappa shape index (κ1) is 10.1. The molecule has 4 heteroatoms. The topological polar surface area (TPSA) is 37.0 Å². The van der Waals surface area contributed by atoms with E-state index in [1.165, 1.54) is 23.5 Å². The fourth-order valence-corrected chi connectivity index (χ4v) is 2.83. The van der Waals surface area contributed by atoms with Crippen LogP contribution < -0.4 is 10.6 Å². The second kappa shape index (κ2) is 4.87. The van der Waals surface area contributed by atoms with Crippen molar-refractivity contribution in [3.05, 3.63) is 16.1 Å². The van der Waals surface area contributed by atoms with Gasteiger partial charge in [0, 0.05) is 17.8 Å². The molecule has 0 spiro atoms. The molecular weight excluding hydrogens is 194 g/mol. The van der Waals surface area contributed by atoms with Crippen LogP contribution in [0.2, 0.25) is 0 Å². The fourth-order valence-electron chi connectivity index (χ4n) is 1.84. The zero-order chi connectivity index (χ0) is 9.80. The van der Waals surface area contributed by atoms with Gasteiger partial charge in [0.05, 0.1) is 10.7 Å². The minimum atomic E-state index is 0.701. The van der Waals surface area contributed by atoms with E-state index in [1.807, 2.05) is 18.4 Å². The first-order chi connectivity index (χ1) is 6.90. The molecule has 0 saturated carbocycles. The van der Waals surface area contributed by atoms with E-state index in [9.17, 15) is 0 Å². The highest BCUT2D eigenvalue weighted by atomic mass is 32.1. The third-order valence-electron chi connectivity index (χ3n) is 2.62. The third-order valence-corrected chi connectivity index (χ3v) is 3.67. The van der Waals surface area contributed by atoms with Gasteiger partial charge in [-0.25, -0.2) is 4.98 Å². The lowest BCUT2D eigenvalue weighted by Gasteiger charge is -2.20. The molecule has 0 aromatic carbocycles. The zero-order valence-corrected chi connectivity index (χ0v) is 9.36. The molecule has 1 fully saturated rings. The number of hydrogen-bond acceptors (Lipinski definition) is 4. The summed E-state index contributed by atoms with van der Waals surface area (Å²) in [7, 11) is 1.96. The van der Waals surface area contributed by atoms with Crippen molar-refractivity contribution in [2.75, 3.05) is 20.1 Å². The molecule has 0 atom stereocenters. The maximum absolute atomic E-state index is 4.65. The SMILES string of the molecule is CNCc1csc(C2CCNCC2)n1. The van der Waals surface area contributed by atoms with Gasteiger partial charge < -0.3 is 10.6 Å². The molecule has 14 heavy (non-hydrogen) atoms. The Bertz CT molecular complexity index is 279. The lowest BCUT2D eigenvalue weighted by atomic mass is 9.99. The second-order valence-electron chi connectivity index (χ2n) is 3.73. The molecule has 1 aliphatic heterocycles. The van der Waals surface area contributed by atoms with Gasteiger partial charge in [-0.15, -0.1) is 11.3 Å². The smallest absolute Gasteiger partial charge is 0.0960 e. The van der Waals surface area contributed by atoms with Gasteiger partial charge in [0.1, 0.15) is 0 Å². The Balaban J connectivity index is 2.00. The van der Waals surface area contributed by atoms with Gasteiger partial charge in [-0.2, -0.15) is 0 Å². The van der Waals surface area contributed by atoms with E-state index < -0.39 is 0 Å². The number of piperidine rings is 1. The summed E-state index contributed by atoms with van der Waals surface area (Å²) in [4.78, 5) is 4.65. The Kier molecular flexibility index (Phi) is 3.50. The largest absolute Gasteiger partial charge is 0.317 e. The quantitative estimate of drug-likeness (QED) is 0.792. The average Bonchev–Trinajstić information content (AvgIpc) is 2.68. The van der Waals surface area contributed by atoms with Gasteiger partial charge in [-0.05, 0) is 33.0 Å². The molecule has 1 saturated heterocycles. The van der Waals surface area contributed by atoms with E-state index >= 15 is 0 Å². The number of nitrogens with one attached hydrogen (secondary N) is 2. The Morgan fingerprint density at radius 2 is 2.36 bits per heavy atom. The highest BCUT2D eigenvalue weighted by molar-refractivity contribution is 7.09. The molecular formula is C10H17N3S. The third kappa shape index (κ3) is 2.32. The highest BCUT2D eigenvalue weighted by Crippen LogP contribution is 2.27. The summed E-state index contributed by atoms with van der Waals surface area (Å²) in [5.74, 6) is 0.701. The molecule has 78 valence electrons. The minimum Gasteiger partial charge on any atom is -0.317 e. The molecule has 2 N–H and O–H groups in total. The molecule has 2 rings (SSSR count). The number of aromatic nitrogens is 1. The monoisotopic (exact) mass is 211 g/mol. The lowest BCUT2D eigenvalue weighted by molar-refractivity contribution is 0.458. The molecule has 2 heterocycles. The number of hydrogen-bond donors (Lipinski definition) is 2. The van der Waals surface area contributed by atoms with Crippen molar-refractivity contribution >= 4 is 11.3 Å². The summed E-state index contributed by atoms with van der Waals surface area (Å²) in [6, 6.07) is 0.